The first-order valence-corrected chi connectivity index (χ1v) is 4.85. The molecule has 1 saturated carbocycles. The average molecular weight is 217 g/mol. The Hall–Kier alpha value is -1.18. The van der Waals surface area contributed by atoms with Crippen molar-refractivity contribution in [1.29, 1.82) is 5.26 Å². The molecule has 0 N–H and O–H groups in total. The Balaban J connectivity index is 2.70. The maximum Gasteiger partial charge on any atom is 0.323 e. The lowest BCUT2D eigenvalue weighted by molar-refractivity contribution is -0.147. The summed E-state index contributed by atoms with van der Waals surface area (Å²) in [5.41, 5.74) is 0. The molecular formula is C10H13F2NO2. The lowest BCUT2D eigenvalue weighted by atomic mass is 9.79. The third-order valence-electron chi connectivity index (χ3n) is 2.74. The molecular weight excluding hydrogens is 204 g/mol. The molecule has 2 atom stereocenters. The van der Waals surface area contributed by atoms with Crippen molar-refractivity contribution in [3.63, 3.8) is 0 Å². The van der Waals surface area contributed by atoms with Crippen molar-refractivity contribution in [2.45, 2.75) is 31.6 Å². The van der Waals surface area contributed by atoms with E-state index in [1.165, 1.54) is 0 Å². The first-order valence-electron chi connectivity index (χ1n) is 4.85. The fraction of sp³-hybridized carbons (Fsp3) is 0.800. The molecule has 0 aliphatic heterocycles. The summed E-state index contributed by atoms with van der Waals surface area (Å²) in [6.45, 7) is 0. The maximum atomic E-state index is 13.1. The molecule has 15 heavy (non-hydrogen) atoms. The van der Waals surface area contributed by atoms with E-state index in [2.05, 4.69) is 4.74 Å². The van der Waals surface area contributed by atoms with Gasteiger partial charge in [-0.25, -0.2) is 8.78 Å². The zero-order valence-corrected chi connectivity index (χ0v) is 8.50. The number of hydrogen-bond donors (Lipinski definition) is 0. The second-order valence-electron chi connectivity index (χ2n) is 3.84. The van der Waals surface area contributed by atoms with Gasteiger partial charge >= 0.3 is 5.97 Å². The number of rotatable bonds is 2. The second-order valence-corrected chi connectivity index (χ2v) is 3.84. The summed E-state index contributed by atoms with van der Waals surface area (Å²) in [5, 5.41) is 8.75. The third kappa shape index (κ3) is 2.88. The van der Waals surface area contributed by atoms with Crippen LogP contribution in [0.5, 0.6) is 0 Å². The van der Waals surface area contributed by atoms with Gasteiger partial charge in [-0.05, 0) is 18.8 Å². The SMILES string of the molecule is COC(=O)C(C#N)C1CCCC(F)(F)C1. The number of carbonyl (C=O) groups excluding carboxylic acids is 1. The standard InChI is InChI=1S/C10H13F2NO2/c1-15-9(14)8(6-13)7-3-2-4-10(11,12)5-7/h7-8H,2-5H2,1H3. The Kier molecular flexibility index (Phi) is 3.61. The molecule has 0 spiro atoms. The summed E-state index contributed by atoms with van der Waals surface area (Å²) in [6.07, 6.45) is 0.304. The normalized spacial score (nSPS) is 26.4. The van der Waals surface area contributed by atoms with E-state index in [1.807, 2.05) is 0 Å². The highest BCUT2D eigenvalue weighted by molar-refractivity contribution is 5.75. The fourth-order valence-electron chi connectivity index (χ4n) is 1.97. The molecule has 0 aromatic carbocycles. The van der Waals surface area contributed by atoms with Gasteiger partial charge in [-0.15, -0.1) is 0 Å². The first kappa shape index (κ1) is 11.9. The quantitative estimate of drug-likeness (QED) is 0.666. The number of esters is 1. The van der Waals surface area contributed by atoms with Gasteiger partial charge in [0.05, 0.1) is 13.2 Å². The van der Waals surface area contributed by atoms with E-state index in [0.717, 1.165) is 7.11 Å². The lowest BCUT2D eigenvalue weighted by Crippen LogP contribution is -2.33. The first-order chi connectivity index (χ1) is 7.00. The van der Waals surface area contributed by atoms with Gasteiger partial charge < -0.3 is 4.74 Å². The van der Waals surface area contributed by atoms with E-state index in [0.29, 0.717) is 12.8 Å². The van der Waals surface area contributed by atoms with E-state index in [4.69, 9.17) is 5.26 Å². The summed E-state index contributed by atoms with van der Waals surface area (Å²) >= 11 is 0. The minimum absolute atomic E-state index is 0.150. The molecule has 1 rings (SSSR count). The summed E-state index contributed by atoms with van der Waals surface area (Å²) in [7, 11) is 1.16. The predicted octanol–water partition coefficient (Wildman–Crippen LogP) is 2.12. The van der Waals surface area contributed by atoms with Gasteiger partial charge in [0.2, 0.25) is 5.92 Å². The van der Waals surface area contributed by atoms with Gasteiger partial charge in [0, 0.05) is 12.8 Å². The van der Waals surface area contributed by atoms with E-state index < -0.39 is 23.7 Å². The molecule has 3 nitrogen and oxygen atoms in total. The van der Waals surface area contributed by atoms with Crippen LogP contribution < -0.4 is 0 Å². The second kappa shape index (κ2) is 4.56. The third-order valence-corrected chi connectivity index (χ3v) is 2.74. The van der Waals surface area contributed by atoms with Crippen LogP contribution >= 0.6 is 0 Å². The van der Waals surface area contributed by atoms with Crippen molar-refractivity contribution in [2.75, 3.05) is 7.11 Å². The monoisotopic (exact) mass is 217 g/mol. The maximum absolute atomic E-state index is 13.1. The zero-order valence-electron chi connectivity index (χ0n) is 8.50. The van der Waals surface area contributed by atoms with Crippen LogP contribution in [0.25, 0.3) is 0 Å². The minimum Gasteiger partial charge on any atom is -0.468 e. The molecule has 0 bridgehead atoms. The van der Waals surface area contributed by atoms with Crippen LogP contribution in [0.1, 0.15) is 25.7 Å². The number of nitriles is 1. The average Bonchev–Trinajstić information content (AvgIpc) is 2.17. The molecule has 0 aromatic rings. The fourth-order valence-corrected chi connectivity index (χ4v) is 1.97. The van der Waals surface area contributed by atoms with Crippen molar-refractivity contribution in [3.05, 3.63) is 0 Å². The van der Waals surface area contributed by atoms with E-state index in [1.54, 1.807) is 6.07 Å². The molecule has 1 fully saturated rings. The molecule has 0 heterocycles. The smallest absolute Gasteiger partial charge is 0.323 e. The molecule has 0 saturated heterocycles. The molecule has 1 aliphatic carbocycles. The van der Waals surface area contributed by atoms with Crippen molar-refractivity contribution in [3.8, 4) is 6.07 Å². The van der Waals surface area contributed by atoms with Gasteiger partial charge in [-0.2, -0.15) is 5.26 Å². The summed E-state index contributed by atoms with van der Waals surface area (Å²) in [4.78, 5) is 11.2. The van der Waals surface area contributed by atoms with Crippen LogP contribution in [-0.2, 0) is 9.53 Å². The van der Waals surface area contributed by atoms with E-state index in [9.17, 15) is 13.6 Å². The Morgan fingerprint density at radius 3 is 2.80 bits per heavy atom. The predicted molar refractivity (Wildman–Crippen MR) is 48.0 cm³/mol. The number of carbonyl (C=O) groups is 1. The van der Waals surface area contributed by atoms with Gasteiger partial charge in [-0.1, -0.05) is 0 Å². The summed E-state index contributed by atoms with van der Waals surface area (Å²) in [6, 6.07) is 1.75. The highest BCUT2D eigenvalue weighted by atomic mass is 19.3. The number of alkyl halides is 2. The molecule has 0 amide bonds. The molecule has 84 valence electrons. The number of nitrogens with zero attached hydrogens (tertiary/aromatic N) is 1. The highest BCUT2D eigenvalue weighted by Gasteiger charge is 2.41. The van der Waals surface area contributed by atoms with Crippen LogP contribution in [0, 0.1) is 23.2 Å². The minimum atomic E-state index is -2.74. The Morgan fingerprint density at radius 1 is 1.67 bits per heavy atom. The van der Waals surface area contributed by atoms with Crippen LogP contribution in [0.15, 0.2) is 0 Å². The Labute approximate surface area is 87.0 Å². The zero-order chi connectivity index (χ0) is 11.5. The number of ether oxygens (including phenoxy) is 1. The molecule has 0 radical (unpaired) electrons. The van der Waals surface area contributed by atoms with Crippen molar-refractivity contribution in [2.24, 2.45) is 11.8 Å². The van der Waals surface area contributed by atoms with Gasteiger partial charge in [0.25, 0.3) is 0 Å². The van der Waals surface area contributed by atoms with Crippen LogP contribution in [0.2, 0.25) is 0 Å². The molecule has 5 heteroatoms. The van der Waals surface area contributed by atoms with Gasteiger partial charge in [0.15, 0.2) is 0 Å². The Morgan fingerprint density at radius 2 is 2.33 bits per heavy atom. The van der Waals surface area contributed by atoms with E-state index >= 15 is 0 Å². The van der Waals surface area contributed by atoms with Crippen molar-refractivity contribution >= 4 is 5.97 Å². The van der Waals surface area contributed by atoms with Gasteiger partial charge in [-0.3, -0.25) is 4.79 Å². The van der Waals surface area contributed by atoms with Crippen LogP contribution in [0.4, 0.5) is 8.78 Å². The molecule has 0 aromatic heterocycles. The highest BCUT2D eigenvalue weighted by Crippen LogP contribution is 2.39. The number of methoxy groups -OCH3 is 1. The number of halogens is 2. The largest absolute Gasteiger partial charge is 0.468 e. The van der Waals surface area contributed by atoms with Crippen molar-refractivity contribution < 1.29 is 18.3 Å². The van der Waals surface area contributed by atoms with Crippen LogP contribution in [0.3, 0.4) is 0 Å². The topological polar surface area (TPSA) is 50.1 Å². The number of hydrogen-bond acceptors (Lipinski definition) is 3. The summed E-state index contributed by atoms with van der Waals surface area (Å²) in [5.74, 6) is -5.08. The summed E-state index contributed by atoms with van der Waals surface area (Å²) < 4.78 is 30.5. The molecule has 1 aliphatic rings. The lowest BCUT2D eigenvalue weighted by Gasteiger charge is -2.30. The Bertz CT molecular complexity index is 286. The van der Waals surface area contributed by atoms with Gasteiger partial charge in [0.1, 0.15) is 5.92 Å². The van der Waals surface area contributed by atoms with Crippen molar-refractivity contribution in [1.82, 2.24) is 0 Å². The molecule has 2 unspecified atom stereocenters. The van der Waals surface area contributed by atoms with Crippen LogP contribution in [-0.4, -0.2) is 19.0 Å². The van der Waals surface area contributed by atoms with E-state index in [-0.39, 0.29) is 12.8 Å².